The molecule has 1 aliphatic heterocycles. The van der Waals surface area contributed by atoms with Gasteiger partial charge in [-0.3, -0.25) is 4.79 Å². The molecule has 108 valence electrons. The molecule has 0 aliphatic carbocycles. The summed E-state index contributed by atoms with van der Waals surface area (Å²) in [6, 6.07) is 0.516. The molecule has 0 saturated carbocycles. The molecular weight excluding hydrogens is 232 g/mol. The zero-order valence-electron chi connectivity index (χ0n) is 12.2. The minimum atomic E-state index is -0.331. The highest BCUT2D eigenvalue weighted by atomic mass is 16.3. The molecule has 18 heavy (non-hydrogen) atoms. The summed E-state index contributed by atoms with van der Waals surface area (Å²) < 4.78 is 0. The molecule has 0 aromatic carbocycles. The lowest BCUT2D eigenvalue weighted by Crippen LogP contribution is -2.36. The van der Waals surface area contributed by atoms with E-state index >= 15 is 0 Å². The van der Waals surface area contributed by atoms with E-state index in [2.05, 4.69) is 18.9 Å². The number of carbonyl (C=O) groups excluding carboxylic acids is 1. The van der Waals surface area contributed by atoms with Crippen LogP contribution in [0.15, 0.2) is 0 Å². The van der Waals surface area contributed by atoms with Crippen molar-refractivity contribution >= 4 is 12.8 Å². The summed E-state index contributed by atoms with van der Waals surface area (Å²) in [7, 11) is 2.19. The van der Waals surface area contributed by atoms with Crippen LogP contribution < -0.4 is 5.73 Å². The summed E-state index contributed by atoms with van der Waals surface area (Å²) in [4.78, 5) is 20.8. The first-order valence-electron chi connectivity index (χ1n) is 6.19. The molecule has 2 atom stereocenters. The molecule has 0 radical (unpaired) electrons. The van der Waals surface area contributed by atoms with Gasteiger partial charge in [0.05, 0.1) is 6.04 Å². The monoisotopic (exact) mass is 260 g/mol. The van der Waals surface area contributed by atoms with E-state index in [0.717, 1.165) is 12.3 Å². The van der Waals surface area contributed by atoms with Crippen LogP contribution in [0.5, 0.6) is 0 Å². The molecule has 5 heteroatoms. The van der Waals surface area contributed by atoms with E-state index < -0.39 is 0 Å². The molecule has 0 aromatic heterocycles. The lowest BCUT2D eigenvalue weighted by atomic mass is 9.89. The summed E-state index contributed by atoms with van der Waals surface area (Å²) in [5.74, 6) is 0. The van der Waals surface area contributed by atoms with Gasteiger partial charge in [0.15, 0.2) is 0 Å². The zero-order valence-corrected chi connectivity index (χ0v) is 12.2. The Kier molecular flexibility index (Phi) is 10.8. The predicted molar refractivity (Wildman–Crippen MR) is 73.5 cm³/mol. The Morgan fingerprint density at radius 3 is 1.89 bits per heavy atom. The zero-order chi connectivity index (χ0) is 14.8. The molecule has 0 amide bonds. The molecule has 5 nitrogen and oxygen atoms in total. The second-order valence-electron chi connectivity index (χ2n) is 5.61. The smallest absolute Gasteiger partial charge is 0.290 e. The first kappa shape index (κ1) is 19.4. The Morgan fingerprint density at radius 1 is 1.39 bits per heavy atom. The molecule has 1 aliphatic rings. The molecule has 0 aromatic rings. The fourth-order valence-electron chi connectivity index (χ4n) is 1.28. The second-order valence-corrected chi connectivity index (χ2v) is 5.61. The van der Waals surface area contributed by atoms with Crippen molar-refractivity contribution < 1.29 is 14.7 Å². The number of hydrogen-bond donors (Lipinski definition) is 2. The molecule has 2 unspecified atom stereocenters. The molecule has 1 fully saturated rings. The van der Waals surface area contributed by atoms with Gasteiger partial charge in [-0.15, -0.1) is 0 Å². The van der Waals surface area contributed by atoms with Crippen LogP contribution in [0.2, 0.25) is 0 Å². The minimum absolute atomic E-state index is 0.0816. The van der Waals surface area contributed by atoms with E-state index in [1.54, 1.807) is 0 Å². The van der Waals surface area contributed by atoms with Gasteiger partial charge in [-0.05, 0) is 38.8 Å². The van der Waals surface area contributed by atoms with Crippen LogP contribution in [0.1, 0.15) is 40.5 Å². The third kappa shape index (κ3) is 10.2. The Morgan fingerprint density at radius 2 is 1.83 bits per heavy atom. The number of aldehydes is 1. The van der Waals surface area contributed by atoms with Crippen molar-refractivity contribution in [2.45, 2.75) is 52.6 Å². The van der Waals surface area contributed by atoms with Gasteiger partial charge in [0.25, 0.3) is 6.47 Å². The van der Waals surface area contributed by atoms with Crippen LogP contribution in [-0.2, 0) is 9.59 Å². The lowest BCUT2D eigenvalue weighted by molar-refractivity contribution is -0.122. The fourth-order valence-corrected chi connectivity index (χ4v) is 1.28. The molecular formula is C13H28N2O3. The average Bonchev–Trinajstić information content (AvgIpc) is 2.63. The highest BCUT2D eigenvalue weighted by Gasteiger charge is 2.18. The number of nitrogens with zero attached hydrogens (tertiary/aromatic N) is 1. The van der Waals surface area contributed by atoms with Gasteiger partial charge < -0.3 is 20.5 Å². The maximum atomic E-state index is 10.0. The van der Waals surface area contributed by atoms with Crippen LogP contribution in [0.4, 0.5) is 0 Å². The van der Waals surface area contributed by atoms with E-state index in [-0.39, 0.29) is 17.9 Å². The summed E-state index contributed by atoms with van der Waals surface area (Å²) >= 11 is 0. The van der Waals surface area contributed by atoms with Gasteiger partial charge in [0.2, 0.25) is 0 Å². The van der Waals surface area contributed by atoms with Gasteiger partial charge in [-0.25, -0.2) is 0 Å². The van der Waals surface area contributed by atoms with Crippen molar-refractivity contribution in [1.29, 1.82) is 0 Å². The van der Waals surface area contributed by atoms with Gasteiger partial charge in [0.1, 0.15) is 6.29 Å². The number of nitrogens with two attached hydrogens (primary N) is 1. The largest absolute Gasteiger partial charge is 0.483 e. The second kappa shape index (κ2) is 10.0. The minimum Gasteiger partial charge on any atom is -0.483 e. The highest BCUT2D eigenvalue weighted by Crippen LogP contribution is 2.14. The number of carbonyl (C=O) groups is 2. The van der Waals surface area contributed by atoms with E-state index in [1.807, 2.05) is 20.8 Å². The quantitative estimate of drug-likeness (QED) is 0.695. The molecule has 0 bridgehead atoms. The van der Waals surface area contributed by atoms with Gasteiger partial charge in [0, 0.05) is 6.04 Å². The average molecular weight is 260 g/mol. The van der Waals surface area contributed by atoms with E-state index in [9.17, 15) is 4.79 Å². The van der Waals surface area contributed by atoms with E-state index in [4.69, 9.17) is 15.6 Å². The van der Waals surface area contributed by atoms with Gasteiger partial charge in [-0.2, -0.15) is 0 Å². The molecule has 0 spiro atoms. The summed E-state index contributed by atoms with van der Waals surface area (Å²) in [5, 5.41) is 6.89. The Bertz CT molecular complexity index is 219. The summed E-state index contributed by atoms with van der Waals surface area (Å²) in [5.41, 5.74) is 5.30. The summed E-state index contributed by atoms with van der Waals surface area (Å²) in [6.07, 6.45) is 3.58. The third-order valence-corrected chi connectivity index (χ3v) is 3.03. The lowest BCUT2D eigenvalue weighted by Gasteiger charge is -2.20. The Hall–Kier alpha value is -0.940. The first-order chi connectivity index (χ1) is 8.20. The first-order valence-corrected chi connectivity index (χ1v) is 6.19. The number of rotatable bonds is 1. The van der Waals surface area contributed by atoms with Crippen LogP contribution in [0.25, 0.3) is 0 Å². The van der Waals surface area contributed by atoms with E-state index in [0.29, 0.717) is 0 Å². The number of hydrogen-bond acceptors (Lipinski definition) is 4. The van der Waals surface area contributed by atoms with Crippen molar-refractivity contribution in [1.82, 2.24) is 4.90 Å². The summed E-state index contributed by atoms with van der Waals surface area (Å²) in [6.45, 7) is 9.15. The van der Waals surface area contributed by atoms with Crippen molar-refractivity contribution in [3.05, 3.63) is 0 Å². The normalized spacial score (nSPS) is 20.9. The van der Waals surface area contributed by atoms with Gasteiger partial charge in [-0.1, -0.05) is 20.8 Å². The fraction of sp³-hybridized carbons (Fsp3) is 0.846. The molecule has 1 rings (SSSR count). The number of likely N-dealkylation sites (tertiary alicyclic amines) is 1. The highest BCUT2D eigenvalue weighted by molar-refractivity contribution is 5.58. The van der Waals surface area contributed by atoms with Crippen molar-refractivity contribution in [3.8, 4) is 0 Å². The van der Waals surface area contributed by atoms with E-state index in [1.165, 1.54) is 19.4 Å². The van der Waals surface area contributed by atoms with Crippen molar-refractivity contribution in [3.63, 3.8) is 0 Å². The van der Waals surface area contributed by atoms with Gasteiger partial charge >= 0.3 is 0 Å². The molecule has 3 N–H and O–H groups in total. The standard InChI is InChI=1S/C6H13NO.C6H13N.CH2O2/c1-6(2,3)5(7)4-8;1-6-4-3-5-7(6)2;2-1-3/h4-5H,7H2,1-3H3;6H,3-5H2,1-2H3;1H,(H,2,3). The third-order valence-electron chi connectivity index (χ3n) is 3.03. The van der Waals surface area contributed by atoms with Crippen LogP contribution in [-0.4, -0.2) is 48.4 Å². The predicted octanol–water partition coefficient (Wildman–Crippen LogP) is 1.36. The Labute approximate surface area is 110 Å². The van der Waals surface area contributed by atoms with Crippen LogP contribution in [0.3, 0.4) is 0 Å². The van der Waals surface area contributed by atoms with Crippen molar-refractivity contribution in [2.75, 3.05) is 13.6 Å². The molecule has 1 heterocycles. The number of carboxylic acid groups (broad SMARTS) is 1. The van der Waals surface area contributed by atoms with Crippen molar-refractivity contribution in [2.24, 2.45) is 11.1 Å². The van der Waals surface area contributed by atoms with Crippen LogP contribution in [0, 0.1) is 5.41 Å². The maximum Gasteiger partial charge on any atom is 0.290 e. The maximum absolute atomic E-state index is 10.0. The molecule has 1 saturated heterocycles. The topological polar surface area (TPSA) is 83.6 Å². The SMILES string of the molecule is CC(C)(C)C(N)C=O.CC1CCCN1C.O=CO. The van der Waals surface area contributed by atoms with Crippen LogP contribution >= 0.6 is 0 Å². The Balaban J connectivity index is 0.